The summed E-state index contributed by atoms with van der Waals surface area (Å²) in [5, 5.41) is 0. The van der Waals surface area contributed by atoms with E-state index in [2.05, 4.69) is 33.8 Å². The van der Waals surface area contributed by atoms with Crippen molar-refractivity contribution in [2.45, 2.75) is 85.5 Å². The third-order valence-electron chi connectivity index (χ3n) is 8.79. The summed E-state index contributed by atoms with van der Waals surface area (Å²) in [6.07, 6.45) is 15.3. The van der Waals surface area contributed by atoms with Crippen LogP contribution in [0.1, 0.15) is 84.6 Å². The summed E-state index contributed by atoms with van der Waals surface area (Å²) in [6.45, 7) is 9.57. The molecular formula is C25H39NaO5S. The number of furan rings is 1. The van der Waals surface area contributed by atoms with Gasteiger partial charge in [-0.25, -0.2) is 8.42 Å². The number of hydrogen-bond acceptors (Lipinski definition) is 5. The Hall–Kier alpha value is -0.110. The molecule has 0 aliphatic heterocycles. The Morgan fingerprint density at radius 1 is 1.28 bits per heavy atom. The van der Waals surface area contributed by atoms with Gasteiger partial charge in [-0.1, -0.05) is 32.4 Å². The van der Waals surface area contributed by atoms with Crippen LogP contribution < -0.4 is 29.6 Å². The Morgan fingerprint density at radius 3 is 2.69 bits per heavy atom. The van der Waals surface area contributed by atoms with Crippen LogP contribution in [0.15, 0.2) is 34.7 Å². The van der Waals surface area contributed by atoms with E-state index < -0.39 is 10.4 Å². The fourth-order valence-electron chi connectivity index (χ4n) is 6.37. The molecule has 0 saturated heterocycles. The maximum absolute atomic E-state index is 11.1. The van der Waals surface area contributed by atoms with Crippen LogP contribution in [0.25, 0.3) is 0 Å². The summed E-state index contributed by atoms with van der Waals surface area (Å²) in [5.41, 5.74) is 3.16. The van der Waals surface area contributed by atoms with Crippen molar-refractivity contribution in [1.82, 2.24) is 0 Å². The van der Waals surface area contributed by atoms with E-state index in [0.29, 0.717) is 11.8 Å². The van der Waals surface area contributed by atoms with Gasteiger partial charge in [0.15, 0.2) is 0 Å². The van der Waals surface area contributed by atoms with Gasteiger partial charge in [0, 0.05) is 0 Å². The van der Waals surface area contributed by atoms with E-state index in [1.165, 1.54) is 19.3 Å². The molecule has 0 aromatic carbocycles. The molecule has 3 rings (SSSR count). The third-order valence-corrected chi connectivity index (χ3v) is 9.22. The number of hydrogen-bond donors (Lipinski definition) is 0. The summed E-state index contributed by atoms with van der Waals surface area (Å²) in [7, 11) is -4.67. The minimum atomic E-state index is -4.67. The number of aryl methyl sites for hydroxylation is 1. The molecule has 0 radical (unpaired) electrons. The maximum Gasteiger partial charge on any atom is 1.00 e. The second-order valence-corrected chi connectivity index (χ2v) is 11.6. The Bertz CT molecular complexity index is 850. The van der Waals surface area contributed by atoms with Crippen LogP contribution >= 0.6 is 0 Å². The van der Waals surface area contributed by atoms with Gasteiger partial charge in [0.1, 0.15) is 0 Å². The fourth-order valence-corrected chi connectivity index (χ4v) is 6.73. The minimum Gasteiger partial charge on any atom is -0.726 e. The van der Waals surface area contributed by atoms with Gasteiger partial charge >= 0.3 is 29.6 Å². The zero-order valence-electron chi connectivity index (χ0n) is 20.6. The zero-order chi connectivity index (χ0) is 22.7. The monoisotopic (exact) mass is 474 g/mol. The van der Waals surface area contributed by atoms with Gasteiger partial charge in [-0.3, -0.25) is 4.18 Å². The molecule has 5 atom stereocenters. The van der Waals surface area contributed by atoms with Gasteiger partial charge in [0.25, 0.3) is 0 Å². The first-order chi connectivity index (χ1) is 14.5. The SMILES string of the molecule is CC1=CCC[C@@H]2[C@@](C)(CCC(CCCc3ccoc3)COS(=O)(=O)[O-])[C@H](C)CC[C@]12C.[Na+]. The Kier molecular flexibility index (Phi) is 10.1. The van der Waals surface area contributed by atoms with Gasteiger partial charge in [0.2, 0.25) is 10.4 Å². The van der Waals surface area contributed by atoms with E-state index in [4.69, 9.17) is 8.60 Å². The van der Waals surface area contributed by atoms with Crippen LogP contribution in [-0.4, -0.2) is 19.6 Å². The predicted molar refractivity (Wildman–Crippen MR) is 121 cm³/mol. The van der Waals surface area contributed by atoms with Gasteiger partial charge in [-0.05, 0) is 105 Å². The number of fused-ring (bicyclic) bond motifs is 1. The molecule has 1 aromatic rings. The van der Waals surface area contributed by atoms with Crippen molar-refractivity contribution in [2.24, 2.45) is 28.6 Å². The first-order valence-corrected chi connectivity index (χ1v) is 13.2. The topological polar surface area (TPSA) is 79.6 Å². The first kappa shape index (κ1) is 28.1. The molecule has 2 aliphatic carbocycles. The molecule has 1 fully saturated rings. The average Bonchev–Trinajstić information content (AvgIpc) is 3.21. The molecule has 0 amide bonds. The molecule has 1 unspecified atom stereocenters. The summed E-state index contributed by atoms with van der Waals surface area (Å²) < 4.78 is 43.1. The zero-order valence-corrected chi connectivity index (χ0v) is 23.4. The Labute approximate surface area is 217 Å². The van der Waals surface area contributed by atoms with Gasteiger partial charge in [0.05, 0.1) is 19.1 Å². The molecule has 7 heteroatoms. The van der Waals surface area contributed by atoms with E-state index in [1.807, 2.05) is 6.07 Å². The first-order valence-electron chi connectivity index (χ1n) is 11.8. The standard InChI is InChI=1S/C25H40O5S.Na/c1-19-7-5-10-23-24(19,3)14-11-20(2)25(23,4)15-12-21(18-30-31(26,27)28)8-6-9-22-13-16-29-17-22;/h7,13,16-17,20-21,23H,5-6,8-12,14-15,18H2,1-4H3,(H,26,27,28);/q;+1/p-1/t20-,21?,23+,24-,25+;/m1./s1. The molecule has 0 spiro atoms. The molecular weight excluding hydrogens is 435 g/mol. The molecule has 0 N–H and O–H groups in total. The van der Waals surface area contributed by atoms with Gasteiger partial charge < -0.3 is 8.97 Å². The van der Waals surface area contributed by atoms with Crippen molar-refractivity contribution in [2.75, 3.05) is 6.61 Å². The smallest absolute Gasteiger partial charge is 0.726 e. The number of allylic oxidation sites excluding steroid dienone is 2. The van der Waals surface area contributed by atoms with Crippen molar-refractivity contribution < 1.29 is 51.1 Å². The van der Waals surface area contributed by atoms with Gasteiger partial charge in [-0.15, -0.1) is 0 Å². The predicted octanol–water partition coefficient (Wildman–Crippen LogP) is 3.28. The second kappa shape index (κ2) is 11.5. The molecule has 1 heterocycles. The van der Waals surface area contributed by atoms with Crippen LogP contribution in [0.5, 0.6) is 0 Å². The average molecular weight is 475 g/mol. The van der Waals surface area contributed by atoms with Crippen LogP contribution in [0.3, 0.4) is 0 Å². The van der Waals surface area contributed by atoms with Crippen molar-refractivity contribution in [3.05, 3.63) is 35.8 Å². The van der Waals surface area contributed by atoms with E-state index >= 15 is 0 Å². The molecule has 1 aromatic heterocycles. The largest absolute Gasteiger partial charge is 1.00 e. The van der Waals surface area contributed by atoms with Crippen molar-refractivity contribution in [3.63, 3.8) is 0 Å². The molecule has 2 aliphatic rings. The van der Waals surface area contributed by atoms with Crippen LogP contribution in [0.2, 0.25) is 0 Å². The van der Waals surface area contributed by atoms with E-state index in [-0.39, 0.29) is 52.9 Å². The molecule has 1 saturated carbocycles. The van der Waals surface area contributed by atoms with E-state index in [0.717, 1.165) is 44.1 Å². The summed E-state index contributed by atoms with van der Waals surface area (Å²) in [4.78, 5) is 0. The minimum absolute atomic E-state index is 0. The summed E-state index contributed by atoms with van der Waals surface area (Å²) >= 11 is 0. The summed E-state index contributed by atoms with van der Waals surface area (Å²) in [5.74, 6) is 1.34. The van der Waals surface area contributed by atoms with Crippen molar-refractivity contribution in [1.29, 1.82) is 0 Å². The van der Waals surface area contributed by atoms with Crippen LogP contribution in [0, 0.1) is 28.6 Å². The fraction of sp³-hybridized carbons (Fsp3) is 0.760. The van der Waals surface area contributed by atoms with Crippen molar-refractivity contribution >= 4 is 10.4 Å². The molecule has 0 bridgehead atoms. The number of rotatable bonds is 10. The Morgan fingerprint density at radius 2 is 2.03 bits per heavy atom. The normalized spacial score (nSPS) is 31.3. The maximum atomic E-state index is 11.1. The van der Waals surface area contributed by atoms with Crippen molar-refractivity contribution in [3.8, 4) is 0 Å². The van der Waals surface area contributed by atoms with E-state index in [1.54, 1.807) is 18.1 Å². The van der Waals surface area contributed by atoms with Gasteiger partial charge in [-0.2, -0.15) is 0 Å². The quantitative estimate of drug-likeness (QED) is 0.225. The second-order valence-electron chi connectivity index (χ2n) is 10.5. The van der Waals surface area contributed by atoms with Crippen LogP contribution in [-0.2, 0) is 21.0 Å². The van der Waals surface area contributed by atoms with E-state index in [9.17, 15) is 13.0 Å². The van der Waals surface area contributed by atoms with Crippen LogP contribution in [0.4, 0.5) is 0 Å². The third kappa shape index (κ3) is 6.73. The molecule has 32 heavy (non-hydrogen) atoms. The summed E-state index contributed by atoms with van der Waals surface area (Å²) in [6, 6.07) is 1.96. The Balaban J connectivity index is 0.00000363. The molecule has 176 valence electrons. The molecule has 5 nitrogen and oxygen atoms in total.